The molecule has 1 heterocycles. The van der Waals surface area contributed by atoms with Gasteiger partial charge >= 0.3 is 5.97 Å². The lowest BCUT2D eigenvalue weighted by Crippen LogP contribution is -2.61. The van der Waals surface area contributed by atoms with Crippen molar-refractivity contribution < 1.29 is 9.90 Å². The summed E-state index contributed by atoms with van der Waals surface area (Å²) in [6.07, 6.45) is 15.6. The molecule has 32 heavy (non-hydrogen) atoms. The molecule has 3 fully saturated rings. The number of guanidine groups is 1. The molecular formula is C26H40N4O2. The van der Waals surface area contributed by atoms with Crippen molar-refractivity contribution in [3.05, 3.63) is 23.4 Å². The number of nitrogens with one attached hydrogen (secondary N) is 1. The number of carbonyl (C=O) groups is 1. The van der Waals surface area contributed by atoms with Crippen molar-refractivity contribution >= 4 is 11.9 Å². The van der Waals surface area contributed by atoms with E-state index in [1.54, 1.807) is 0 Å². The molecule has 6 heteroatoms. The summed E-state index contributed by atoms with van der Waals surface area (Å²) in [5, 5.41) is 13.5. The van der Waals surface area contributed by atoms with Crippen molar-refractivity contribution in [3.8, 4) is 0 Å². The van der Waals surface area contributed by atoms with Crippen molar-refractivity contribution in [2.45, 2.75) is 77.2 Å². The number of nitrogens with two attached hydrogens (primary N) is 1. The second-order valence-electron chi connectivity index (χ2n) is 11.1. The molecule has 2 bridgehead atoms. The first kappa shape index (κ1) is 22.0. The van der Waals surface area contributed by atoms with Gasteiger partial charge in [0, 0.05) is 35.7 Å². The van der Waals surface area contributed by atoms with Gasteiger partial charge < -0.3 is 21.1 Å². The van der Waals surface area contributed by atoms with E-state index in [1.165, 1.54) is 37.7 Å². The molecule has 0 aromatic heterocycles. The Morgan fingerprint density at radius 2 is 2.06 bits per heavy atom. The van der Waals surface area contributed by atoms with Crippen molar-refractivity contribution in [1.29, 1.82) is 0 Å². The third-order valence-corrected chi connectivity index (χ3v) is 9.93. The quantitative estimate of drug-likeness (QED) is 0.456. The maximum absolute atomic E-state index is 12.2. The Balaban J connectivity index is 1.57. The number of carboxylic acids is 1. The van der Waals surface area contributed by atoms with Crippen molar-refractivity contribution in [3.63, 3.8) is 0 Å². The monoisotopic (exact) mass is 440 g/mol. The molecule has 5 atom stereocenters. The zero-order valence-electron chi connectivity index (χ0n) is 19.8. The van der Waals surface area contributed by atoms with E-state index < -0.39 is 5.97 Å². The number of hydrogen-bond acceptors (Lipinski definition) is 3. The van der Waals surface area contributed by atoms with Crippen LogP contribution in [0.5, 0.6) is 0 Å². The lowest BCUT2D eigenvalue weighted by atomic mass is 9.46. The summed E-state index contributed by atoms with van der Waals surface area (Å²) in [6.45, 7) is 4.17. The second kappa shape index (κ2) is 8.19. The molecule has 0 aromatic carbocycles. The summed E-state index contributed by atoms with van der Waals surface area (Å²) in [5.41, 5.74) is 8.63. The predicted molar refractivity (Wildman–Crippen MR) is 127 cm³/mol. The molecule has 0 aromatic rings. The first-order valence-electron chi connectivity index (χ1n) is 12.8. The fourth-order valence-corrected chi connectivity index (χ4v) is 8.63. The van der Waals surface area contributed by atoms with Crippen LogP contribution in [-0.4, -0.2) is 48.1 Å². The van der Waals surface area contributed by atoms with Crippen LogP contribution in [0, 0.1) is 28.6 Å². The molecule has 3 saturated carbocycles. The number of aliphatic imine (C=N–C) groups is 1. The summed E-state index contributed by atoms with van der Waals surface area (Å²) in [6, 6.07) is 0.351. The summed E-state index contributed by atoms with van der Waals surface area (Å²) < 4.78 is 0. The SMILES string of the molecule is CNCC1C=CN(C(N)=NC2CCCCC2)CC12C1CCC(C)C23CCC(C(=O)O)=C3C1. The molecule has 5 aliphatic rings. The van der Waals surface area contributed by atoms with E-state index in [0.717, 1.165) is 38.8 Å². The van der Waals surface area contributed by atoms with Crippen LogP contribution >= 0.6 is 0 Å². The maximum Gasteiger partial charge on any atom is 0.331 e. The molecule has 4 aliphatic carbocycles. The van der Waals surface area contributed by atoms with Gasteiger partial charge in [-0.2, -0.15) is 0 Å². The fourth-order valence-electron chi connectivity index (χ4n) is 8.63. The maximum atomic E-state index is 12.2. The Morgan fingerprint density at radius 1 is 1.28 bits per heavy atom. The number of allylic oxidation sites excluding steroid dienone is 1. The minimum atomic E-state index is -0.696. The van der Waals surface area contributed by atoms with Crippen LogP contribution in [0.1, 0.15) is 71.1 Å². The number of aliphatic carboxylic acids is 1. The normalized spacial score (nSPS) is 39.8. The van der Waals surface area contributed by atoms with E-state index in [4.69, 9.17) is 10.7 Å². The smallest absolute Gasteiger partial charge is 0.331 e. The highest BCUT2D eigenvalue weighted by Crippen LogP contribution is 2.75. The Labute approximate surface area is 192 Å². The lowest BCUT2D eigenvalue weighted by Gasteiger charge is -2.60. The molecule has 0 radical (unpaired) electrons. The third-order valence-electron chi connectivity index (χ3n) is 9.93. The van der Waals surface area contributed by atoms with E-state index in [2.05, 4.69) is 29.4 Å². The number of nitrogens with zero attached hydrogens (tertiary/aromatic N) is 2. The standard InChI is InChI=1S/C26H40N4O2/c1-17-8-9-18-14-22-21(23(31)32)10-12-25(17,22)26(18)16-30(13-11-19(26)15-28-2)24(27)29-20-6-4-3-5-7-20/h11,13,17-20,28H,3-10,12,14-16H2,1-2H3,(H2,27,29)(H,31,32). The van der Waals surface area contributed by atoms with Crippen molar-refractivity contribution in [2.75, 3.05) is 20.1 Å². The summed E-state index contributed by atoms with van der Waals surface area (Å²) >= 11 is 0. The van der Waals surface area contributed by atoms with E-state index in [1.807, 2.05) is 7.05 Å². The molecule has 0 amide bonds. The van der Waals surface area contributed by atoms with Gasteiger partial charge in [-0.05, 0) is 69.7 Å². The average Bonchev–Trinajstić information content (AvgIpc) is 3.23. The summed E-state index contributed by atoms with van der Waals surface area (Å²) in [4.78, 5) is 19.4. The van der Waals surface area contributed by atoms with Gasteiger partial charge in [0.1, 0.15) is 0 Å². The first-order valence-corrected chi connectivity index (χ1v) is 12.8. The van der Waals surface area contributed by atoms with Crippen LogP contribution in [0.25, 0.3) is 0 Å². The van der Waals surface area contributed by atoms with Gasteiger partial charge in [-0.15, -0.1) is 0 Å². The predicted octanol–water partition coefficient (Wildman–Crippen LogP) is 3.90. The van der Waals surface area contributed by atoms with E-state index in [0.29, 0.717) is 41.7 Å². The van der Waals surface area contributed by atoms with Gasteiger partial charge in [-0.1, -0.05) is 37.8 Å². The molecule has 6 nitrogen and oxygen atoms in total. The Morgan fingerprint density at radius 3 is 2.78 bits per heavy atom. The van der Waals surface area contributed by atoms with Gasteiger partial charge in [0.15, 0.2) is 5.96 Å². The van der Waals surface area contributed by atoms with Gasteiger partial charge in [0.25, 0.3) is 0 Å². The topological polar surface area (TPSA) is 91.0 Å². The molecular weight excluding hydrogens is 400 g/mol. The molecule has 0 saturated heterocycles. The highest BCUT2D eigenvalue weighted by molar-refractivity contribution is 5.89. The molecule has 4 N–H and O–H groups in total. The van der Waals surface area contributed by atoms with Crippen LogP contribution in [0.4, 0.5) is 0 Å². The Bertz CT molecular complexity index is 858. The van der Waals surface area contributed by atoms with E-state index in [-0.39, 0.29) is 10.8 Å². The summed E-state index contributed by atoms with van der Waals surface area (Å²) in [7, 11) is 2.03. The molecule has 5 rings (SSSR count). The molecule has 176 valence electrons. The van der Waals surface area contributed by atoms with Crippen molar-refractivity contribution in [2.24, 2.45) is 39.3 Å². The summed E-state index contributed by atoms with van der Waals surface area (Å²) in [5.74, 6) is 1.35. The zero-order chi connectivity index (χ0) is 22.5. The van der Waals surface area contributed by atoms with Crippen LogP contribution in [0.2, 0.25) is 0 Å². The first-order chi connectivity index (χ1) is 15.4. The number of carboxylic acid groups (broad SMARTS) is 1. The molecule has 2 spiro atoms. The number of hydrogen-bond donors (Lipinski definition) is 3. The van der Waals surface area contributed by atoms with Gasteiger partial charge in [0.2, 0.25) is 0 Å². The van der Waals surface area contributed by atoms with Gasteiger partial charge in [0.05, 0.1) is 6.04 Å². The average molecular weight is 441 g/mol. The van der Waals surface area contributed by atoms with Crippen molar-refractivity contribution in [1.82, 2.24) is 10.2 Å². The Kier molecular flexibility index (Phi) is 5.63. The highest BCUT2D eigenvalue weighted by Gasteiger charge is 2.71. The largest absolute Gasteiger partial charge is 0.478 e. The Hall–Kier alpha value is -1.82. The molecule has 5 unspecified atom stereocenters. The van der Waals surface area contributed by atoms with Gasteiger partial charge in [-0.25, -0.2) is 9.79 Å². The minimum Gasteiger partial charge on any atom is -0.478 e. The molecule has 1 aliphatic heterocycles. The number of rotatable bonds is 4. The fraction of sp³-hybridized carbons (Fsp3) is 0.769. The van der Waals surface area contributed by atoms with E-state index >= 15 is 0 Å². The minimum absolute atomic E-state index is 0.0155. The van der Waals surface area contributed by atoms with E-state index in [9.17, 15) is 9.90 Å². The van der Waals surface area contributed by atoms with Crippen LogP contribution in [0.15, 0.2) is 28.4 Å². The van der Waals surface area contributed by atoms with Crippen LogP contribution < -0.4 is 11.1 Å². The second-order valence-corrected chi connectivity index (χ2v) is 11.1. The lowest BCUT2D eigenvalue weighted by molar-refractivity contribution is -0.132. The van der Waals surface area contributed by atoms with Crippen LogP contribution in [0.3, 0.4) is 0 Å². The van der Waals surface area contributed by atoms with Crippen LogP contribution in [-0.2, 0) is 4.79 Å². The highest BCUT2D eigenvalue weighted by atomic mass is 16.4. The third kappa shape index (κ3) is 3.01. The van der Waals surface area contributed by atoms with Gasteiger partial charge in [-0.3, -0.25) is 0 Å². The zero-order valence-corrected chi connectivity index (χ0v) is 19.8.